The van der Waals surface area contributed by atoms with Crippen molar-refractivity contribution in [3.63, 3.8) is 0 Å². The van der Waals surface area contributed by atoms with E-state index < -0.39 is 0 Å². The van der Waals surface area contributed by atoms with Crippen LogP contribution >= 0.6 is 22.6 Å². The molecule has 0 heterocycles. The molecule has 0 atom stereocenters. The highest BCUT2D eigenvalue weighted by molar-refractivity contribution is 14.1. The van der Waals surface area contributed by atoms with Gasteiger partial charge in [-0.3, -0.25) is 4.79 Å². The van der Waals surface area contributed by atoms with Gasteiger partial charge >= 0.3 is 0 Å². The standard InChI is InChI=1S/C15H11IO2/c16-13-7-3-1-5-11(13)9-10-15(18)12-6-2-4-8-14(12)17/h1-10,17H. The van der Waals surface area contributed by atoms with Crippen LogP contribution in [0.4, 0.5) is 0 Å². The van der Waals surface area contributed by atoms with Crippen LogP contribution in [0.2, 0.25) is 0 Å². The first-order valence-corrected chi connectivity index (χ1v) is 6.51. The van der Waals surface area contributed by atoms with Crippen molar-refractivity contribution >= 4 is 34.5 Å². The van der Waals surface area contributed by atoms with Crippen LogP contribution in [-0.4, -0.2) is 10.9 Å². The molecule has 0 aliphatic heterocycles. The third-order valence-corrected chi connectivity index (χ3v) is 3.47. The molecule has 90 valence electrons. The Morgan fingerprint density at radius 3 is 2.44 bits per heavy atom. The van der Waals surface area contributed by atoms with Gasteiger partial charge in [0.05, 0.1) is 5.56 Å². The first-order valence-electron chi connectivity index (χ1n) is 5.43. The van der Waals surface area contributed by atoms with Crippen LogP contribution in [-0.2, 0) is 0 Å². The number of aromatic hydroxyl groups is 1. The highest BCUT2D eigenvalue weighted by atomic mass is 127. The van der Waals surface area contributed by atoms with Crippen molar-refractivity contribution in [2.45, 2.75) is 0 Å². The van der Waals surface area contributed by atoms with Crippen LogP contribution in [0.15, 0.2) is 54.6 Å². The molecule has 0 aliphatic carbocycles. The number of phenols is 1. The normalized spacial score (nSPS) is 10.7. The van der Waals surface area contributed by atoms with E-state index in [4.69, 9.17) is 0 Å². The van der Waals surface area contributed by atoms with Gasteiger partial charge in [0.25, 0.3) is 0 Å². The average Bonchev–Trinajstić information content (AvgIpc) is 2.38. The van der Waals surface area contributed by atoms with Crippen molar-refractivity contribution in [2.24, 2.45) is 0 Å². The summed E-state index contributed by atoms with van der Waals surface area (Å²) < 4.78 is 1.08. The lowest BCUT2D eigenvalue weighted by atomic mass is 10.1. The molecule has 0 saturated carbocycles. The molecule has 0 aromatic heterocycles. The molecule has 2 rings (SSSR count). The summed E-state index contributed by atoms with van der Waals surface area (Å²) >= 11 is 2.22. The van der Waals surface area contributed by atoms with E-state index in [0.29, 0.717) is 5.56 Å². The molecule has 0 unspecified atom stereocenters. The predicted octanol–water partition coefficient (Wildman–Crippen LogP) is 3.89. The number of carbonyl (C=O) groups is 1. The van der Waals surface area contributed by atoms with Crippen LogP contribution < -0.4 is 0 Å². The van der Waals surface area contributed by atoms with E-state index in [1.54, 1.807) is 24.3 Å². The molecule has 2 aromatic carbocycles. The lowest BCUT2D eigenvalue weighted by Crippen LogP contribution is -1.94. The average molecular weight is 350 g/mol. The highest BCUT2D eigenvalue weighted by Gasteiger charge is 2.06. The summed E-state index contributed by atoms with van der Waals surface area (Å²) in [5, 5.41) is 9.58. The summed E-state index contributed by atoms with van der Waals surface area (Å²) in [6, 6.07) is 14.3. The van der Waals surface area contributed by atoms with Gasteiger partial charge < -0.3 is 5.11 Å². The first-order chi connectivity index (χ1) is 8.68. The summed E-state index contributed by atoms with van der Waals surface area (Å²) in [6.45, 7) is 0. The molecule has 0 radical (unpaired) electrons. The number of halogens is 1. The van der Waals surface area contributed by atoms with Crippen LogP contribution in [0.3, 0.4) is 0 Å². The monoisotopic (exact) mass is 350 g/mol. The number of rotatable bonds is 3. The maximum atomic E-state index is 11.9. The largest absolute Gasteiger partial charge is 0.507 e. The Morgan fingerprint density at radius 2 is 1.72 bits per heavy atom. The fraction of sp³-hybridized carbons (Fsp3) is 0. The zero-order valence-corrected chi connectivity index (χ0v) is 11.7. The van der Waals surface area contributed by atoms with Gasteiger partial charge in [0, 0.05) is 3.57 Å². The minimum absolute atomic E-state index is 0.00917. The Morgan fingerprint density at radius 1 is 1.06 bits per heavy atom. The number of ketones is 1. The number of carbonyl (C=O) groups excluding carboxylic acids is 1. The molecule has 0 amide bonds. The molecule has 2 nitrogen and oxygen atoms in total. The maximum Gasteiger partial charge on any atom is 0.189 e. The van der Waals surface area contributed by atoms with Crippen molar-refractivity contribution in [3.05, 3.63) is 69.3 Å². The lowest BCUT2D eigenvalue weighted by Gasteiger charge is -2.00. The van der Waals surface area contributed by atoms with E-state index >= 15 is 0 Å². The van der Waals surface area contributed by atoms with Gasteiger partial charge in [0.15, 0.2) is 5.78 Å². The molecule has 1 N–H and O–H groups in total. The number of hydrogen-bond acceptors (Lipinski definition) is 2. The number of phenolic OH excluding ortho intramolecular Hbond substituents is 1. The number of benzene rings is 2. The SMILES string of the molecule is O=C(C=Cc1ccccc1I)c1ccccc1O. The van der Waals surface area contributed by atoms with E-state index in [-0.39, 0.29) is 11.5 Å². The molecule has 0 fully saturated rings. The van der Waals surface area contributed by atoms with E-state index in [9.17, 15) is 9.90 Å². The zero-order chi connectivity index (χ0) is 13.0. The summed E-state index contributed by atoms with van der Waals surface area (Å²) in [6.07, 6.45) is 3.24. The van der Waals surface area contributed by atoms with Gasteiger partial charge in [-0.25, -0.2) is 0 Å². The Kier molecular flexibility index (Phi) is 4.15. The van der Waals surface area contributed by atoms with Crippen LogP contribution in [0.1, 0.15) is 15.9 Å². The third kappa shape index (κ3) is 2.98. The van der Waals surface area contributed by atoms with Gasteiger partial charge in [-0.15, -0.1) is 0 Å². The molecule has 0 bridgehead atoms. The van der Waals surface area contributed by atoms with Gasteiger partial charge in [-0.2, -0.15) is 0 Å². The first kappa shape index (κ1) is 12.8. The minimum Gasteiger partial charge on any atom is -0.507 e. The van der Waals surface area contributed by atoms with E-state index in [1.807, 2.05) is 24.3 Å². The van der Waals surface area contributed by atoms with E-state index in [1.165, 1.54) is 12.1 Å². The van der Waals surface area contributed by atoms with Crippen molar-refractivity contribution in [3.8, 4) is 5.75 Å². The minimum atomic E-state index is -0.201. The molecular formula is C15H11IO2. The third-order valence-electron chi connectivity index (χ3n) is 2.49. The zero-order valence-electron chi connectivity index (χ0n) is 9.51. The molecule has 2 aromatic rings. The topological polar surface area (TPSA) is 37.3 Å². The summed E-state index contributed by atoms with van der Waals surface area (Å²) in [7, 11) is 0. The number of hydrogen-bond donors (Lipinski definition) is 1. The van der Waals surface area contributed by atoms with Crippen LogP contribution in [0.25, 0.3) is 6.08 Å². The van der Waals surface area contributed by atoms with Crippen LogP contribution in [0.5, 0.6) is 5.75 Å². The van der Waals surface area contributed by atoms with Gasteiger partial charge in [-0.05, 0) is 52.4 Å². The second-order valence-corrected chi connectivity index (χ2v) is 4.90. The Labute approximate surface area is 119 Å². The van der Waals surface area contributed by atoms with E-state index in [2.05, 4.69) is 22.6 Å². The molecule has 3 heteroatoms. The van der Waals surface area contributed by atoms with Gasteiger partial charge in [0.2, 0.25) is 0 Å². The molecule has 18 heavy (non-hydrogen) atoms. The Bertz CT molecular complexity index is 603. The smallest absolute Gasteiger partial charge is 0.189 e. The Hall–Kier alpha value is -1.62. The second-order valence-electron chi connectivity index (χ2n) is 3.74. The fourth-order valence-corrected chi connectivity index (χ4v) is 2.11. The summed E-state index contributed by atoms with van der Waals surface area (Å²) in [5.74, 6) is -0.192. The molecular weight excluding hydrogens is 339 g/mol. The molecule has 0 saturated heterocycles. The lowest BCUT2D eigenvalue weighted by molar-refractivity contribution is 0.104. The number of allylic oxidation sites excluding steroid dienone is 1. The molecule has 0 spiro atoms. The Balaban J connectivity index is 2.23. The summed E-state index contributed by atoms with van der Waals surface area (Å²) in [5.41, 5.74) is 1.31. The van der Waals surface area contributed by atoms with Crippen molar-refractivity contribution in [2.75, 3.05) is 0 Å². The van der Waals surface area contributed by atoms with Gasteiger partial charge in [-0.1, -0.05) is 36.4 Å². The maximum absolute atomic E-state index is 11.9. The van der Waals surface area contributed by atoms with Crippen LogP contribution in [0, 0.1) is 3.57 Å². The van der Waals surface area contributed by atoms with Gasteiger partial charge in [0.1, 0.15) is 5.75 Å². The highest BCUT2D eigenvalue weighted by Crippen LogP contribution is 2.18. The van der Waals surface area contributed by atoms with Crippen molar-refractivity contribution in [1.82, 2.24) is 0 Å². The quantitative estimate of drug-likeness (QED) is 0.518. The van der Waals surface area contributed by atoms with Crippen molar-refractivity contribution in [1.29, 1.82) is 0 Å². The molecule has 0 aliphatic rings. The van der Waals surface area contributed by atoms with Crippen molar-refractivity contribution < 1.29 is 9.90 Å². The fourth-order valence-electron chi connectivity index (χ4n) is 1.55. The summed E-state index contributed by atoms with van der Waals surface area (Å²) in [4.78, 5) is 11.9. The second kappa shape index (κ2) is 5.82. The van der Waals surface area contributed by atoms with E-state index in [0.717, 1.165) is 9.13 Å². The number of para-hydroxylation sites is 1. The predicted molar refractivity (Wildman–Crippen MR) is 80.6 cm³/mol.